The molecule has 0 unspecified atom stereocenters. The highest BCUT2D eigenvalue weighted by Gasteiger charge is 2.08. The van der Waals surface area contributed by atoms with Crippen LogP contribution in [0.2, 0.25) is 0 Å². The Morgan fingerprint density at radius 2 is 2.15 bits per heavy atom. The van der Waals surface area contributed by atoms with Gasteiger partial charge in [0, 0.05) is 6.04 Å². The van der Waals surface area contributed by atoms with E-state index in [9.17, 15) is 5.11 Å². The Balaban J connectivity index is 2.91. The van der Waals surface area contributed by atoms with Crippen LogP contribution in [0.25, 0.3) is 0 Å². The van der Waals surface area contributed by atoms with Crippen molar-refractivity contribution in [3.8, 4) is 5.75 Å². The quantitative estimate of drug-likeness (QED) is 0.748. The summed E-state index contributed by atoms with van der Waals surface area (Å²) in [5, 5.41) is 9.30. The second-order valence-corrected chi connectivity index (χ2v) is 3.44. The zero-order chi connectivity index (χ0) is 9.84. The van der Waals surface area contributed by atoms with Crippen molar-refractivity contribution in [1.29, 1.82) is 0 Å². The van der Waals surface area contributed by atoms with Crippen molar-refractivity contribution >= 4 is 0 Å². The molecule has 0 aromatic heterocycles. The predicted molar refractivity (Wildman–Crippen MR) is 54.7 cm³/mol. The van der Waals surface area contributed by atoms with Gasteiger partial charge in [0.15, 0.2) is 0 Å². The molecule has 2 heteroatoms. The minimum Gasteiger partial charge on any atom is -0.508 e. The van der Waals surface area contributed by atoms with Gasteiger partial charge in [-0.2, -0.15) is 0 Å². The van der Waals surface area contributed by atoms with Crippen LogP contribution >= 0.6 is 0 Å². The maximum atomic E-state index is 9.30. The maximum absolute atomic E-state index is 9.30. The van der Waals surface area contributed by atoms with Crippen molar-refractivity contribution in [1.82, 2.24) is 0 Å². The topological polar surface area (TPSA) is 46.2 Å². The number of hydrogen-bond acceptors (Lipinski definition) is 2. The molecule has 0 spiro atoms. The molecule has 1 aromatic rings. The van der Waals surface area contributed by atoms with Crippen LogP contribution in [0.4, 0.5) is 0 Å². The highest BCUT2D eigenvalue weighted by Crippen LogP contribution is 2.23. The fourth-order valence-corrected chi connectivity index (χ4v) is 1.49. The van der Waals surface area contributed by atoms with Gasteiger partial charge in [0.2, 0.25) is 0 Å². The van der Waals surface area contributed by atoms with E-state index in [1.54, 1.807) is 12.1 Å². The van der Waals surface area contributed by atoms with Crippen LogP contribution in [0.15, 0.2) is 18.2 Å². The highest BCUT2D eigenvalue weighted by atomic mass is 16.3. The molecule has 0 fully saturated rings. The third-order valence-corrected chi connectivity index (χ3v) is 2.26. The number of aromatic hydroxyl groups is 1. The average molecular weight is 179 g/mol. The smallest absolute Gasteiger partial charge is 0.115 e. The van der Waals surface area contributed by atoms with Gasteiger partial charge in [0.1, 0.15) is 5.75 Å². The number of benzene rings is 1. The Labute approximate surface area is 79.4 Å². The summed E-state index contributed by atoms with van der Waals surface area (Å²) in [5.74, 6) is 0.298. The van der Waals surface area contributed by atoms with Crippen LogP contribution in [0.5, 0.6) is 5.75 Å². The average Bonchev–Trinajstić information content (AvgIpc) is 2.09. The monoisotopic (exact) mass is 179 g/mol. The van der Waals surface area contributed by atoms with Crippen LogP contribution in [0, 0.1) is 6.92 Å². The largest absolute Gasteiger partial charge is 0.508 e. The first kappa shape index (κ1) is 10.1. The second-order valence-electron chi connectivity index (χ2n) is 3.44. The lowest BCUT2D eigenvalue weighted by Crippen LogP contribution is -2.10. The van der Waals surface area contributed by atoms with E-state index in [2.05, 4.69) is 6.92 Å². The first-order valence-electron chi connectivity index (χ1n) is 4.70. The van der Waals surface area contributed by atoms with Gasteiger partial charge in [0.05, 0.1) is 0 Å². The van der Waals surface area contributed by atoms with E-state index >= 15 is 0 Å². The van der Waals surface area contributed by atoms with Crippen molar-refractivity contribution in [3.05, 3.63) is 29.3 Å². The molecule has 0 aliphatic rings. The summed E-state index contributed by atoms with van der Waals surface area (Å²) in [6.45, 7) is 4.13. The molecule has 1 aromatic carbocycles. The third kappa shape index (κ3) is 2.46. The molecular formula is C11H17NO. The number of rotatable bonds is 3. The maximum Gasteiger partial charge on any atom is 0.115 e. The lowest BCUT2D eigenvalue weighted by Gasteiger charge is -2.13. The van der Waals surface area contributed by atoms with Crippen LogP contribution in [-0.4, -0.2) is 5.11 Å². The van der Waals surface area contributed by atoms with E-state index in [-0.39, 0.29) is 6.04 Å². The summed E-state index contributed by atoms with van der Waals surface area (Å²) < 4.78 is 0. The SMILES string of the molecule is CCC[C@H](N)c1cc(O)ccc1C. The molecule has 0 saturated carbocycles. The number of hydrogen-bond donors (Lipinski definition) is 2. The molecular weight excluding hydrogens is 162 g/mol. The first-order valence-corrected chi connectivity index (χ1v) is 4.70. The number of phenols is 1. The van der Waals surface area contributed by atoms with Gasteiger partial charge in [-0.3, -0.25) is 0 Å². The molecule has 72 valence electrons. The molecule has 13 heavy (non-hydrogen) atoms. The summed E-state index contributed by atoms with van der Waals surface area (Å²) in [6, 6.07) is 5.41. The van der Waals surface area contributed by atoms with Crippen LogP contribution in [0.1, 0.15) is 36.9 Å². The molecule has 3 N–H and O–H groups in total. The van der Waals surface area contributed by atoms with Crippen LogP contribution in [-0.2, 0) is 0 Å². The van der Waals surface area contributed by atoms with Gasteiger partial charge in [-0.05, 0) is 36.6 Å². The Morgan fingerprint density at radius 3 is 2.77 bits per heavy atom. The second kappa shape index (κ2) is 4.28. The van der Waals surface area contributed by atoms with Crippen molar-refractivity contribution < 1.29 is 5.11 Å². The summed E-state index contributed by atoms with van der Waals surface area (Å²) in [7, 11) is 0. The highest BCUT2D eigenvalue weighted by molar-refractivity contribution is 5.35. The predicted octanol–water partition coefficient (Wildman–Crippen LogP) is 2.50. The third-order valence-electron chi connectivity index (χ3n) is 2.26. The molecule has 0 aliphatic carbocycles. The Morgan fingerprint density at radius 1 is 1.46 bits per heavy atom. The normalized spacial score (nSPS) is 12.8. The molecule has 2 nitrogen and oxygen atoms in total. The molecule has 0 heterocycles. The molecule has 1 rings (SSSR count). The molecule has 0 saturated heterocycles. The number of phenolic OH excluding ortho intramolecular Hbond substituents is 1. The van der Waals surface area contributed by atoms with E-state index in [1.165, 1.54) is 0 Å². The van der Waals surface area contributed by atoms with Gasteiger partial charge in [-0.25, -0.2) is 0 Å². The molecule has 0 aliphatic heterocycles. The number of nitrogens with two attached hydrogens (primary N) is 1. The molecule has 1 atom stereocenters. The zero-order valence-corrected chi connectivity index (χ0v) is 8.25. The Hall–Kier alpha value is -1.02. The van der Waals surface area contributed by atoms with Crippen molar-refractivity contribution in [3.63, 3.8) is 0 Å². The molecule has 0 radical (unpaired) electrons. The van der Waals surface area contributed by atoms with E-state index in [0.717, 1.165) is 24.0 Å². The summed E-state index contributed by atoms with van der Waals surface area (Å²) in [6.07, 6.45) is 2.03. The van der Waals surface area contributed by atoms with E-state index in [1.807, 2.05) is 13.0 Å². The van der Waals surface area contributed by atoms with Crippen LogP contribution in [0.3, 0.4) is 0 Å². The zero-order valence-electron chi connectivity index (χ0n) is 8.25. The fraction of sp³-hybridized carbons (Fsp3) is 0.455. The van der Waals surface area contributed by atoms with Gasteiger partial charge < -0.3 is 10.8 Å². The lowest BCUT2D eigenvalue weighted by atomic mass is 9.98. The van der Waals surface area contributed by atoms with Gasteiger partial charge in [0.25, 0.3) is 0 Å². The number of aryl methyl sites for hydroxylation is 1. The Bertz CT molecular complexity index is 283. The van der Waals surface area contributed by atoms with E-state index in [4.69, 9.17) is 5.73 Å². The minimum absolute atomic E-state index is 0.0529. The van der Waals surface area contributed by atoms with Gasteiger partial charge in [-0.15, -0.1) is 0 Å². The Kier molecular flexibility index (Phi) is 3.32. The van der Waals surface area contributed by atoms with Gasteiger partial charge >= 0.3 is 0 Å². The van der Waals surface area contributed by atoms with Crippen LogP contribution < -0.4 is 5.73 Å². The van der Waals surface area contributed by atoms with Gasteiger partial charge in [-0.1, -0.05) is 19.4 Å². The summed E-state index contributed by atoms with van der Waals surface area (Å²) in [4.78, 5) is 0. The summed E-state index contributed by atoms with van der Waals surface area (Å²) >= 11 is 0. The minimum atomic E-state index is 0.0529. The van der Waals surface area contributed by atoms with Crippen molar-refractivity contribution in [2.75, 3.05) is 0 Å². The van der Waals surface area contributed by atoms with E-state index < -0.39 is 0 Å². The fourth-order valence-electron chi connectivity index (χ4n) is 1.49. The summed E-state index contributed by atoms with van der Waals surface area (Å²) in [5.41, 5.74) is 8.17. The van der Waals surface area contributed by atoms with Crippen molar-refractivity contribution in [2.24, 2.45) is 5.73 Å². The van der Waals surface area contributed by atoms with E-state index in [0.29, 0.717) is 5.75 Å². The van der Waals surface area contributed by atoms with Crippen molar-refractivity contribution in [2.45, 2.75) is 32.7 Å². The lowest BCUT2D eigenvalue weighted by molar-refractivity contribution is 0.473. The molecule has 0 bridgehead atoms. The standard InChI is InChI=1S/C11H17NO/c1-3-4-11(12)10-7-9(13)6-5-8(10)2/h5-7,11,13H,3-4,12H2,1-2H3/t11-/m0/s1. The molecule has 0 amide bonds. The first-order chi connectivity index (χ1) is 6.15.